The minimum absolute atomic E-state index is 0.0338. The van der Waals surface area contributed by atoms with Gasteiger partial charge in [-0.2, -0.15) is 0 Å². The van der Waals surface area contributed by atoms with Crippen molar-refractivity contribution in [1.82, 2.24) is 0 Å². The first-order chi connectivity index (χ1) is 12.0. The molecule has 0 spiro atoms. The van der Waals surface area contributed by atoms with Crippen LogP contribution in [-0.2, 0) is 9.47 Å². The van der Waals surface area contributed by atoms with Crippen LogP contribution in [-0.4, -0.2) is 19.0 Å². The Morgan fingerprint density at radius 1 is 1.28 bits per heavy atom. The number of rotatable bonds is 3. The first-order valence-electron chi connectivity index (χ1n) is 7.82. The number of carbonyl (C=O) groups excluding carboxylic acids is 1. The number of halogens is 3. The van der Waals surface area contributed by atoms with E-state index in [9.17, 15) is 4.79 Å². The number of fused-ring (bicyclic) bond motifs is 1. The molecule has 4 nitrogen and oxygen atoms in total. The topological polar surface area (TPSA) is 47.6 Å². The van der Waals surface area contributed by atoms with Crippen molar-refractivity contribution in [3.05, 3.63) is 62.0 Å². The highest BCUT2D eigenvalue weighted by molar-refractivity contribution is 9.10. The molecule has 0 saturated heterocycles. The summed E-state index contributed by atoms with van der Waals surface area (Å²) in [6.45, 7) is 1.99. The van der Waals surface area contributed by atoms with E-state index in [1.165, 1.54) is 0 Å². The van der Waals surface area contributed by atoms with Crippen LogP contribution >= 0.6 is 39.1 Å². The molecule has 0 aliphatic carbocycles. The third-order valence-corrected chi connectivity index (χ3v) is 5.04. The zero-order valence-corrected chi connectivity index (χ0v) is 16.5. The number of anilines is 1. The summed E-state index contributed by atoms with van der Waals surface area (Å²) < 4.78 is 11.2. The van der Waals surface area contributed by atoms with Crippen molar-refractivity contribution >= 4 is 51.0 Å². The molecule has 3 rings (SSSR count). The maximum absolute atomic E-state index is 11.7. The SMILES string of the molecule is CCOC(=O)OC1CC(c2ccc(Br)cc2)c2c(Cl)cc(Cl)cc2N1. The standard InChI is InChI=1S/C18H16BrCl2NO3/c1-2-24-18(23)25-16-9-13(10-3-5-11(19)6-4-10)17-14(21)7-12(20)8-15(17)22-16/h3-8,13,16,22H,2,9H2,1H3. The first-order valence-corrected chi connectivity index (χ1v) is 9.37. The van der Waals surface area contributed by atoms with Crippen LogP contribution < -0.4 is 5.32 Å². The van der Waals surface area contributed by atoms with Gasteiger partial charge in [0.25, 0.3) is 0 Å². The van der Waals surface area contributed by atoms with Crippen molar-refractivity contribution in [1.29, 1.82) is 0 Å². The Hall–Kier alpha value is -1.43. The molecule has 0 fully saturated rings. The minimum Gasteiger partial charge on any atom is -0.435 e. The van der Waals surface area contributed by atoms with E-state index in [1.54, 1.807) is 19.1 Å². The zero-order chi connectivity index (χ0) is 18.0. The van der Waals surface area contributed by atoms with Gasteiger partial charge in [0.05, 0.1) is 6.61 Å². The average Bonchev–Trinajstić information content (AvgIpc) is 2.54. The highest BCUT2D eigenvalue weighted by Gasteiger charge is 2.32. The summed E-state index contributed by atoms with van der Waals surface area (Å²) in [5.74, 6) is -0.0338. The highest BCUT2D eigenvalue weighted by atomic mass is 79.9. The minimum atomic E-state index is -0.703. The highest BCUT2D eigenvalue weighted by Crippen LogP contribution is 2.44. The van der Waals surface area contributed by atoms with Gasteiger partial charge >= 0.3 is 6.16 Å². The Bertz CT molecular complexity index is 783. The number of nitrogens with one attached hydrogen (secondary N) is 1. The third-order valence-electron chi connectivity index (χ3n) is 3.98. The zero-order valence-electron chi connectivity index (χ0n) is 13.4. The van der Waals surface area contributed by atoms with E-state index in [2.05, 4.69) is 21.2 Å². The van der Waals surface area contributed by atoms with Crippen LogP contribution in [0.3, 0.4) is 0 Å². The Kier molecular flexibility index (Phi) is 5.77. The molecule has 0 bridgehead atoms. The summed E-state index contributed by atoms with van der Waals surface area (Å²) in [6.07, 6.45) is -0.699. The van der Waals surface area contributed by atoms with Gasteiger partial charge in [-0.3, -0.25) is 0 Å². The van der Waals surface area contributed by atoms with E-state index in [0.29, 0.717) is 16.5 Å². The van der Waals surface area contributed by atoms with Gasteiger partial charge in [-0.1, -0.05) is 51.3 Å². The van der Waals surface area contributed by atoms with E-state index in [-0.39, 0.29) is 12.5 Å². The summed E-state index contributed by atoms with van der Waals surface area (Å²) in [5, 5.41) is 4.28. The molecule has 2 aromatic rings. The van der Waals surface area contributed by atoms with Gasteiger partial charge in [-0.25, -0.2) is 4.79 Å². The maximum Gasteiger partial charge on any atom is 0.510 e. The van der Waals surface area contributed by atoms with Crippen molar-refractivity contribution < 1.29 is 14.3 Å². The van der Waals surface area contributed by atoms with Crippen molar-refractivity contribution in [2.24, 2.45) is 0 Å². The lowest BCUT2D eigenvalue weighted by atomic mass is 9.84. The Labute approximate surface area is 164 Å². The van der Waals surface area contributed by atoms with Crippen LogP contribution in [0, 0.1) is 0 Å². The normalized spacial score (nSPS) is 18.9. The quantitative estimate of drug-likeness (QED) is 0.572. The lowest BCUT2D eigenvalue weighted by Gasteiger charge is -2.33. The summed E-state index contributed by atoms with van der Waals surface area (Å²) in [4.78, 5) is 11.7. The molecule has 1 heterocycles. The summed E-state index contributed by atoms with van der Waals surface area (Å²) >= 11 is 16.0. The van der Waals surface area contributed by atoms with Crippen LogP contribution in [0.1, 0.15) is 30.4 Å². The fraction of sp³-hybridized carbons (Fsp3) is 0.278. The molecule has 2 aromatic carbocycles. The van der Waals surface area contributed by atoms with Gasteiger partial charge in [0.2, 0.25) is 0 Å². The maximum atomic E-state index is 11.7. The number of benzene rings is 2. The lowest BCUT2D eigenvalue weighted by molar-refractivity contribution is 0.0302. The molecule has 2 atom stereocenters. The molecule has 25 heavy (non-hydrogen) atoms. The fourth-order valence-corrected chi connectivity index (χ4v) is 3.86. The van der Waals surface area contributed by atoms with E-state index in [0.717, 1.165) is 21.3 Å². The van der Waals surface area contributed by atoms with Crippen LogP contribution in [0.5, 0.6) is 0 Å². The van der Waals surface area contributed by atoms with Crippen molar-refractivity contribution in [3.8, 4) is 0 Å². The summed E-state index contributed by atoms with van der Waals surface area (Å²) in [5.41, 5.74) is 2.77. The molecule has 7 heteroatoms. The van der Waals surface area contributed by atoms with Crippen molar-refractivity contribution in [3.63, 3.8) is 0 Å². The molecule has 1 N–H and O–H groups in total. The molecule has 1 aliphatic heterocycles. The second-order valence-corrected chi connectivity index (χ2v) is 7.38. The smallest absolute Gasteiger partial charge is 0.435 e. The molecule has 0 radical (unpaired) electrons. The predicted molar refractivity (Wildman–Crippen MR) is 103 cm³/mol. The predicted octanol–water partition coefficient (Wildman–Crippen LogP) is 6.20. The van der Waals surface area contributed by atoms with Gasteiger partial charge in [-0.05, 0) is 36.8 Å². The monoisotopic (exact) mass is 443 g/mol. The number of hydrogen-bond donors (Lipinski definition) is 1. The third kappa shape index (κ3) is 4.22. The van der Waals surface area contributed by atoms with Gasteiger partial charge in [0.1, 0.15) is 0 Å². The lowest BCUT2D eigenvalue weighted by Crippen LogP contribution is -2.33. The second kappa shape index (κ2) is 7.85. The van der Waals surface area contributed by atoms with Gasteiger partial charge in [0, 0.05) is 38.1 Å². The van der Waals surface area contributed by atoms with Crippen LogP contribution in [0.15, 0.2) is 40.9 Å². The Morgan fingerprint density at radius 3 is 2.68 bits per heavy atom. The van der Waals surface area contributed by atoms with Crippen molar-refractivity contribution in [2.75, 3.05) is 11.9 Å². The average molecular weight is 445 g/mol. The van der Waals surface area contributed by atoms with Gasteiger partial charge < -0.3 is 14.8 Å². The van der Waals surface area contributed by atoms with Crippen LogP contribution in [0.25, 0.3) is 0 Å². The molecule has 132 valence electrons. The largest absolute Gasteiger partial charge is 0.510 e. The van der Waals surface area contributed by atoms with E-state index in [4.69, 9.17) is 32.7 Å². The summed E-state index contributed by atoms with van der Waals surface area (Å²) in [6, 6.07) is 11.5. The molecular formula is C18H16BrCl2NO3. The molecule has 2 unspecified atom stereocenters. The van der Waals surface area contributed by atoms with E-state index >= 15 is 0 Å². The van der Waals surface area contributed by atoms with Crippen LogP contribution in [0.2, 0.25) is 10.0 Å². The molecule has 1 aliphatic rings. The molecule has 0 aromatic heterocycles. The molecule has 0 amide bonds. The van der Waals surface area contributed by atoms with Crippen LogP contribution in [0.4, 0.5) is 10.5 Å². The van der Waals surface area contributed by atoms with E-state index < -0.39 is 12.4 Å². The Balaban J connectivity index is 1.98. The van der Waals surface area contributed by atoms with Gasteiger partial charge in [-0.15, -0.1) is 0 Å². The number of hydrogen-bond acceptors (Lipinski definition) is 4. The number of carbonyl (C=O) groups is 1. The molecule has 0 saturated carbocycles. The molecular weight excluding hydrogens is 429 g/mol. The first kappa shape index (κ1) is 18.4. The number of ether oxygens (including phenoxy) is 2. The van der Waals surface area contributed by atoms with Crippen molar-refractivity contribution in [2.45, 2.75) is 25.5 Å². The fourth-order valence-electron chi connectivity index (χ4n) is 2.97. The second-order valence-electron chi connectivity index (χ2n) is 5.62. The summed E-state index contributed by atoms with van der Waals surface area (Å²) in [7, 11) is 0. The van der Waals surface area contributed by atoms with E-state index in [1.807, 2.05) is 24.3 Å². The Morgan fingerprint density at radius 2 is 2.00 bits per heavy atom. The van der Waals surface area contributed by atoms with Gasteiger partial charge in [0.15, 0.2) is 6.23 Å².